The van der Waals surface area contributed by atoms with Crippen LogP contribution >= 0.6 is 0 Å². The largest absolute Gasteiger partial charge is 0.492 e. The summed E-state index contributed by atoms with van der Waals surface area (Å²) in [5, 5.41) is 3.11. The van der Waals surface area contributed by atoms with Gasteiger partial charge in [0, 0.05) is 19.1 Å². The van der Waals surface area contributed by atoms with Crippen LogP contribution in [0.3, 0.4) is 0 Å². The predicted molar refractivity (Wildman–Crippen MR) is 85.7 cm³/mol. The highest BCUT2D eigenvalue weighted by Gasteiger charge is 2.14. The molecule has 0 spiro atoms. The van der Waals surface area contributed by atoms with Crippen molar-refractivity contribution in [3.05, 3.63) is 24.3 Å². The fourth-order valence-corrected chi connectivity index (χ4v) is 2.86. The quantitative estimate of drug-likeness (QED) is 0.746. The van der Waals surface area contributed by atoms with E-state index in [1.165, 1.54) is 0 Å². The molecule has 6 heteroatoms. The van der Waals surface area contributed by atoms with Gasteiger partial charge in [-0.15, -0.1) is 0 Å². The maximum Gasteiger partial charge on any atom is 0.179 e. The molecule has 1 aromatic carbocycles. The molecule has 120 valence electrons. The Morgan fingerprint density at radius 3 is 2.33 bits per heavy atom. The Hall–Kier alpha value is -1.11. The minimum Gasteiger partial charge on any atom is -0.492 e. The molecule has 0 unspecified atom stereocenters. The minimum atomic E-state index is -3.23. The highest BCUT2D eigenvalue weighted by molar-refractivity contribution is 7.91. The van der Waals surface area contributed by atoms with E-state index in [0.29, 0.717) is 23.8 Å². The van der Waals surface area contributed by atoms with Crippen molar-refractivity contribution < 1.29 is 13.2 Å². The number of likely N-dealkylation sites (N-methyl/N-ethyl adjacent to an activating group) is 1. The number of hydrogen-bond acceptors (Lipinski definition) is 5. The van der Waals surface area contributed by atoms with E-state index in [9.17, 15) is 8.42 Å². The topological polar surface area (TPSA) is 58.6 Å². The third kappa shape index (κ3) is 6.93. The van der Waals surface area contributed by atoms with Gasteiger partial charge in [0.05, 0.1) is 10.6 Å². The summed E-state index contributed by atoms with van der Waals surface area (Å²) in [7, 11) is 0.720. The first-order valence-corrected chi connectivity index (χ1v) is 8.80. The molecular weight excluding hydrogens is 288 g/mol. The normalized spacial score (nSPS) is 12.1. The molecule has 0 aliphatic rings. The van der Waals surface area contributed by atoms with Crippen molar-refractivity contribution in [2.75, 3.05) is 39.5 Å². The van der Waals surface area contributed by atoms with Crippen molar-refractivity contribution in [1.29, 1.82) is 0 Å². The van der Waals surface area contributed by atoms with Gasteiger partial charge < -0.3 is 15.0 Å². The molecule has 0 fully saturated rings. The molecule has 0 aliphatic heterocycles. The first kappa shape index (κ1) is 17.9. The lowest BCUT2D eigenvalue weighted by atomic mass is 10.3. The van der Waals surface area contributed by atoms with Gasteiger partial charge in [-0.05, 0) is 38.4 Å². The molecule has 0 saturated heterocycles. The highest BCUT2D eigenvalue weighted by Crippen LogP contribution is 2.17. The van der Waals surface area contributed by atoms with E-state index >= 15 is 0 Å². The number of rotatable bonds is 9. The molecule has 1 N–H and O–H groups in total. The SMILES string of the molecule is CC(C)NCCS(=O)(=O)c1ccc(OCCN(C)C)cc1. The van der Waals surface area contributed by atoms with Gasteiger partial charge in [0.1, 0.15) is 12.4 Å². The van der Waals surface area contributed by atoms with Crippen LogP contribution in [0.1, 0.15) is 13.8 Å². The molecule has 0 saturated carbocycles. The maximum atomic E-state index is 12.1. The van der Waals surface area contributed by atoms with Gasteiger partial charge in [0.25, 0.3) is 0 Å². The average Bonchev–Trinajstić information content (AvgIpc) is 2.38. The van der Waals surface area contributed by atoms with E-state index in [4.69, 9.17) is 4.74 Å². The van der Waals surface area contributed by atoms with E-state index in [2.05, 4.69) is 5.32 Å². The minimum absolute atomic E-state index is 0.103. The second-order valence-electron chi connectivity index (χ2n) is 5.55. The van der Waals surface area contributed by atoms with Gasteiger partial charge in [-0.2, -0.15) is 0 Å². The number of nitrogens with zero attached hydrogens (tertiary/aromatic N) is 1. The lowest BCUT2D eigenvalue weighted by molar-refractivity contribution is 0.261. The summed E-state index contributed by atoms with van der Waals surface area (Å²) in [6, 6.07) is 6.91. The van der Waals surface area contributed by atoms with E-state index in [1.807, 2.05) is 32.8 Å². The Kier molecular flexibility index (Phi) is 7.14. The lowest BCUT2D eigenvalue weighted by Gasteiger charge is -2.12. The van der Waals surface area contributed by atoms with Crippen molar-refractivity contribution in [2.45, 2.75) is 24.8 Å². The molecule has 0 aliphatic carbocycles. The number of nitrogens with one attached hydrogen (secondary N) is 1. The molecule has 5 nitrogen and oxygen atoms in total. The van der Waals surface area contributed by atoms with E-state index in [-0.39, 0.29) is 11.8 Å². The van der Waals surface area contributed by atoms with Gasteiger partial charge in [-0.1, -0.05) is 13.8 Å². The zero-order valence-electron chi connectivity index (χ0n) is 13.3. The Bertz CT molecular complexity index is 510. The molecule has 0 radical (unpaired) electrons. The van der Waals surface area contributed by atoms with Crippen molar-refractivity contribution in [2.24, 2.45) is 0 Å². The molecule has 0 heterocycles. The summed E-state index contributed by atoms with van der Waals surface area (Å²) in [5.41, 5.74) is 0. The number of benzene rings is 1. The summed E-state index contributed by atoms with van der Waals surface area (Å²) < 4.78 is 29.8. The van der Waals surface area contributed by atoms with Crippen LogP contribution in [0.25, 0.3) is 0 Å². The summed E-state index contributed by atoms with van der Waals surface area (Å²) in [6.07, 6.45) is 0. The number of sulfone groups is 1. The fourth-order valence-electron chi connectivity index (χ4n) is 1.69. The molecule has 0 aromatic heterocycles. The maximum absolute atomic E-state index is 12.1. The molecule has 1 aromatic rings. The van der Waals surface area contributed by atoms with Crippen LogP contribution in [0.4, 0.5) is 0 Å². The Balaban J connectivity index is 2.55. The van der Waals surface area contributed by atoms with E-state index in [1.54, 1.807) is 24.3 Å². The average molecular weight is 314 g/mol. The molecule has 0 amide bonds. The Morgan fingerprint density at radius 2 is 1.81 bits per heavy atom. The summed E-state index contributed by atoms with van der Waals surface area (Å²) in [5.74, 6) is 0.794. The summed E-state index contributed by atoms with van der Waals surface area (Å²) in [6.45, 7) is 5.85. The van der Waals surface area contributed by atoms with Crippen molar-refractivity contribution in [3.8, 4) is 5.75 Å². The van der Waals surface area contributed by atoms with Crippen molar-refractivity contribution >= 4 is 9.84 Å². The molecule has 0 atom stereocenters. The molecule has 21 heavy (non-hydrogen) atoms. The van der Waals surface area contributed by atoms with Gasteiger partial charge in [0.15, 0.2) is 9.84 Å². The van der Waals surface area contributed by atoms with Crippen molar-refractivity contribution in [1.82, 2.24) is 10.2 Å². The van der Waals surface area contributed by atoms with Crippen LogP contribution in [0, 0.1) is 0 Å². The van der Waals surface area contributed by atoms with Crippen LogP contribution in [-0.4, -0.2) is 58.9 Å². The zero-order valence-corrected chi connectivity index (χ0v) is 14.1. The zero-order chi connectivity index (χ0) is 15.9. The first-order chi connectivity index (χ1) is 9.81. The summed E-state index contributed by atoms with van der Waals surface area (Å²) in [4.78, 5) is 2.37. The van der Waals surface area contributed by atoms with Crippen LogP contribution < -0.4 is 10.1 Å². The van der Waals surface area contributed by atoms with Crippen LogP contribution in [0.2, 0.25) is 0 Å². The summed E-state index contributed by atoms with van der Waals surface area (Å²) >= 11 is 0. The third-order valence-electron chi connectivity index (χ3n) is 2.91. The molecule has 0 bridgehead atoms. The molecule has 1 rings (SSSR count). The standard InChI is InChI=1S/C15H26N2O3S/c1-13(2)16-9-12-21(18,19)15-7-5-14(6-8-15)20-11-10-17(3)4/h5-8,13,16H,9-12H2,1-4H3. The fraction of sp³-hybridized carbons (Fsp3) is 0.600. The van der Waals surface area contributed by atoms with Gasteiger partial charge >= 0.3 is 0 Å². The third-order valence-corrected chi connectivity index (χ3v) is 4.65. The van der Waals surface area contributed by atoms with Crippen LogP contribution in [-0.2, 0) is 9.84 Å². The first-order valence-electron chi connectivity index (χ1n) is 7.15. The predicted octanol–water partition coefficient (Wildman–Crippen LogP) is 1.40. The van der Waals surface area contributed by atoms with Crippen LogP contribution in [0.15, 0.2) is 29.2 Å². The van der Waals surface area contributed by atoms with Gasteiger partial charge in [0.2, 0.25) is 0 Å². The van der Waals surface area contributed by atoms with Crippen LogP contribution in [0.5, 0.6) is 5.75 Å². The highest BCUT2D eigenvalue weighted by atomic mass is 32.2. The smallest absolute Gasteiger partial charge is 0.179 e. The van der Waals surface area contributed by atoms with E-state index < -0.39 is 9.84 Å². The second-order valence-corrected chi connectivity index (χ2v) is 7.66. The number of hydrogen-bond donors (Lipinski definition) is 1. The number of ether oxygens (including phenoxy) is 1. The van der Waals surface area contributed by atoms with Gasteiger partial charge in [-0.3, -0.25) is 0 Å². The van der Waals surface area contributed by atoms with Crippen molar-refractivity contribution in [3.63, 3.8) is 0 Å². The Labute approximate surface area is 128 Å². The van der Waals surface area contributed by atoms with Gasteiger partial charge in [-0.25, -0.2) is 8.42 Å². The molecular formula is C15H26N2O3S. The second kappa shape index (κ2) is 8.36. The van der Waals surface area contributed by atoms with E-state index in [0.717, 1.165) is 6.54 Å². The lowest BCUT2D eigenvalue weighted by Crippen LogP contribution is -2.28. The Morgan fingerprint density at radius 1 is 1.19 bits per heavy atom. The monoisotopic (exact) mass is 314 g/mol.